The predicted molar refractivity (Wildman–Crippen MR) is 316 cm³/mol. The van der Waals surface area contributed by atoms with E-state index in [1.54, 1.807) is 24.3 Å². The lowest BCUT2D eigenvalue weighted by atomic mass is 9.95. The Labute approximate surface area is 482 Å². The van der Waals surface area contributed by atoms with Crippen molar-refractivity contribution in [1.82, 2.24) is 9.47 Å². The number of piperidine rings is 1. The standard InChI is InChI=1S/C57H67ClF3N5O10P2S3/c1-40(2)66-41(3)56(80(4,71)72)54(55(66)44-13-16-47(58)17-14-44)46-9-8-10-50(36-46)64-31-29-63(30-32-64)48-18-20-49(21-19-48)65-33-34-75-77(65,67)51-22-15-45(53(37-51)81(73,74)57(59,60)61)35-43(39-79-52-11-6-5-7-12-52)25-28-62-26-23-42(24-27-62)38-76-78(68,69)70/h5-22,36-37,40,42-43H,23-35,38-39H2,1-4H3,(H2,68,69,70)/t43-,77+/m0/s1. The van der Waals surface area contributed by atoms with Crippen LogP contribution in [0, 0.1) is 18.8 Å². The average molecular weight is 1230 g/mol. The Kier molecular flexibility index (Phi) is 18.7. The summed E-state index contributed by atoms with van der Waals surface area (Å²) in [5.41, 5.74) is 0.325. The zero-order valence-corrected chi connectivity index (χ0v) is 50.4. The van der Waals surface area contributed by atoms with Crippen molar-refractivity contribution >= 4 is 80.7 Å². The molecule has 15 nitrogen and oxygen atoms in total. The van der Waals surface area contributed by atoms with Crippen LogP contribution in [0.3, 0.4) is 0 Å². The van der Waals surface area contributed by atoms with E-state index < -0.39 is 45.4 Å². The number of alkyl halides is 3. The van der Waals surface area contributed by atoms with Gasteiger partial charge in [0, 0.05) is 82.5 Å². The average Bonchev–Trinajstić information content (AvgIpc) is 4.22. The minimum absolute atomic E-state index is 0.0145. The van der Waals surface area contributed by atoms with Gasteiger partial charge >= 0.3 is 20.9 Å². The van der Waals surface area contributed by atoms with Crippen LogP contribution in [0.4, 0.5) is 30.2 Å². The molecule has 0 spiro atoms. The first-order chi connectivity index (χ1) is 38.3. The molecule has 436 valence electrons. The molecular weight excluding hydrogens is 1170 g/mol. The first-order valence-electron chi connectivity index (χ1n) is 26.8. The number of phosphoric acid groups is 1. The van der Waals surface area contributed by atoms with Gasteiger partial charge in [0.05, 0.1) is 40.5 Å². The number of nitrogens with zero attached hydrogens (tertiary/aromatic N) is 5. The van der Waals surface area contributed by atoms with Crippen molar-refractivity contribution in [3.63, 3.8) is 0 Å². The summed E-state index contributed by atoms with van der Waals surface area (Å²) in [5.74, 6) is 0.144. The molecule has 6 aromatic rings. The summed E-state index contributed by atoms with van der Waals surface area (Å²) in [6, 6.07) is 35.8. The summed E-state index contributed by atoms with van der Waals surface area (Å²) in [7, 11) is -18.3. The molecule has 0 saturated carbocycles. The van der Waals surface area contributed by atoms with Crippen LogP contribution in [0.25, 0.3) is 22.4 Å². The Bertz CT molecular complexity index is 3520. The Hall–Kier alpha value is -4.63. The molecule has 5 aromatic carbocycles. The van der Waals surface area contributed by atoms with Crippen molar-refractivity contribution in [2.24, 2.45) is 11.8 Å². The second-order valence-electron chi connectivity index (χ2n) is 21.2. The summed E-state index contributed by atoms with van der Waals surface area (Å²) >= 11 is 7.82. The third-order valence-electron chi connectivity index (χ3n) is 15.3. The number of phosphoric ester groups is 1. The van der Waals surface area contributed by atoms with Crippen LogP contribution in [0.5, 0.6) is 0 Å². The summed E-state index contributed by atoms with van der Waals surface area (Å²) in [5, 5.41) is 0.404. The van der Waals surface area contributed by atoms with E-state index in [4.69, 9.17) is 30.4 Å². The van der Waals surface area contributed by atoms with E-state index in [1.807, 2.05) is 99.6 Å². The van der Waals surface area contributed by atoms with E-state index in [0.29, 0.717) is 92.8 Å². The lowest BCUT2D eigenvalue weighted by molar-refractivity contribution is -0.0436. The molecule has 3 fully saturated rings. The van der Waals surface area contributed by atoms with Gasteiger partial charge in [0.2, 0.25) is 0 Å². The highest BCUT2D eigenvalue weighted by molar-refractivity contribution is 7.99. The highest BCUT2D eigenvalue weighted by atomic mass is 35.5. The van der Waals surface area contributed by atoms with Crippen LogP contribution in [-0.4, -0.2) is 119 Å². The SMILES string of the molecule is Cc1c(S(C)(=O)=O)c(-c2cccc(N3CCN(c4ccc(N5CCO[P@]5(=O)c5ccc(C[C@H](CCN6CCC(COP(=O)(O)O)CC6)CSc6ccccc6)c(S(=O)(=O)C(F)(F)F)c5)cc4)CC3)c2)c(-c2ccc(Cl)cc2)n1C(C)C. The summed E-state index contributed by atoms with van der Waals surface area (Å²) in [6.07, 6.45) is 3.03. The molecule has 0 unspecified atom stereocenters. The number of likely N-dealkylation sites (tertiary alicyclic amines) is 1. The normalized spacial score (nSPS) is 18.5. The van der Waals surface area contributed by atoms with Crippen LogP contribution in [0.1, 0.15) is 50.4 Å². The van der Waals surface area contributed by atoms with E-state index in [2.05, 4.69) is 19.3 Å². The van der Waals surface area contributed by atoms with E-state index in [-0.39, 0.29) is 59.8 Å². The van der Waals surface area contributed by atoms with Gasteiger partial charge in [0.15, 0.2) is 9.84 Å². The van der Waals surface area contributed by atoms with Crippen molar-refractivity contribution in [3.8, 4) is 22.4 Å². The van der Waals surface area contributed by atoms with Gasteiger partial charge in [-0.1, -0.05) is 60.1 Å². The maximum Gasteiger partial charge on any atom is 0.501 e. The Balaban J connectivity index is 0.913. The molecule has 3 saturated heterocycles. The molecule has 1 aromatic heterocycles. The minimum atomic E-state index is -5.93. The minimum Gasteiger partial charge on any atom is -0.368 e. The van der Waals surface area contributed by atoms with Gasteiger partial charge in [-0.15, -0.1) is 11.8 Å². The quantitative estimate of drug-likeness (QED) is 0.0544. The van der Waals surface area contributed by atoms with Gasteiger partial charge in [-0.05, 0) is 167 Å². The van der Waals surface area contributed by atoms with Crippen molar-refractivity contribution in [1.29, 1.82) is 0 Å². The fourth-order valence-electron chi connectivity index (χ4n) is 11.3. The maximum atomic E-state index is 15.1. The molecule has 9 rings (SSSR count). The number of thioether (sulfide) groups is 1. The molecule has 0 radical (unpaired) electrons. The number of benzene rings is 5. The molecule has 2 atom stereocenters. The smallest absolute Gasteiger partial charge is 0.368 e. The number of hydrogen-bond acceptors (Lipinski definition) is 12. The number of hydrogen-bond donors (Lipinski definition) is 2. The van der Waals surface area contributed by atoms with E-state index in [1.165, 1.54) is 34.8 Å². The maximum absolute atomic E-state index is 15.1. The Morgan fingerprint density at radius 2 is 1.44 bits per heavy atom. The van der Waals surface area contributed by atoms with E-state index in [9.17, 15) is 34.6 Å². The third kappa shape index (κ3) is 14.0. The first-order valence-corrected chi connectivity index (χ1v) is 34.6. The third-order valence-corrected chi connectivity index (χ3v) is 22.6. The van der Waals surface area contributed by atoms with Gasteiger partial charge in [-0.2, -0.15) is 13.2 Å². The van der Waals surface area contributed by atoms with Gasteiger partial charge < -0.3 is 33.6 Å². The van der Waals surface area contributed by atoms with Crippen molar-refractivity contribution in [3.05, 3.63) is 138 Å². The van der Waals surface area contributed by atoms with Crippen LogP contribution >= 0.6 is 38.7 Å². The second-order valence-corrected chi connectivity index (χ2v) is 30.1. The fraction of sp³-hybridized carbons (Fsp3) is 0.404. The van der Waals surface area contributed by atoms with Crippen molar-refractivity contribution in [2.45, 2.75) is 72.7 Å². The predicted octanol–water partition coefficient (Wildman–Crippen LogP) is 11.9. The van der Waals surface area contributed by atoms with E-state index in [0.717, 1.165) is 39.2 Å². The number of halogens is 4. The van der Waals surface area contributed by atoms with Gasteiger partial charge in [0.1, 0.15) is 0 Å². The molecule has 24 heteroatoms. The molecule has 4 heterocycles. The highest BCUT2D eigenvalue weighted by Gasteiger charge is 2.49. The van der Waals surface area contributed by atoms with Gasteiger partial charge in [-0.25, -0.2) is 21.4 Å². The van der Waals surface area contributed by atoms with Crippen molar-refractivity contribution in [2.75, 3.05) is 92.1 Å². The molecule has 2 N–H and O–H groups in total. The zero-order valence-electron chi connectivity index (χ0n) is 45.4. The monoisotopic (exact) mass is 1230 g/mol. The number of sulfone groups is 2. The van der Waals surface area contributed by atoms with Crippen LogP contribution in [-0.2, 0) is 44.3 Å². The number of anilines is 3. The molecule has 0 bridgehead atoms. The largest absolute Gasteiger partial charge is 0.501 e. The zero-order chi connectivity index (χ0) is 58.1. The second kappa shape index (κ2) is 24.9. The molecular formula is C57H67ClF3N5O10P2S3. The van der Waals surface area contributed by atoms with Crippen LogP contribution in [0.15, 0.2) is 136 Å². The molecule has 81 heavy (non-hydrogen) atoms. The fourth-order valence-corrected chi connectivity index (χ4v) is 17.5. The highest BCUT2D eigenvalue weighted by Crippen LogP contribution is 2.56. The van der Waals surface area contributed by atoms with E-state index >= 15 is 4.57 Å². The molecule has 0 amide bonds. The topological polar surface area (TPSA) is 179 Å². The lowest BCUT2D eigenvalue weighted by Crippen LogP contribution is -2.46. The molecule has 3 aliphatic heterocycles. The Morgan fingerprint density at radius 1 is 0.802 bits per heavy atom. The van der Waals surface area contributed by atoms with Gasteiger partial charge in [0.25, 0.3) is 9.84 Å². The summed E-state index contributed by atoms with van der Waals surface area (Å²) in [6.45, 7) is 10.3. The van der Waals surface area contributed by atoms with Gasteiger partial charge in [-0.3, -0.25) is 13.8 Å². The van der Waals surface area contributed by atoms with Crippen LogP contribution < -0.4 is 19.8 Å². The Morgan fingerprint density at radius 3 is 2.06 bits per heavy atom. The van der Waals surface area contributed by atoms with Crippen LogP contribution in [0.2, 0.25) is 5.02 Å². The number of rotatable bonds is 20. The molecule has 0 aliphatic carbocycles. The lowest BCUT2D eigenvalue weighted by Gasteiger charge is -2.37. The van der Waals surface area contributed by atoms with Crippen molar-refractivity contribution < 1.29 is 58.0 Å². The number of aromatic nitrogens is 1. The summed E-state index contributed by atoms with van der Waals surface area (Å²) in [4.78, 5) is 25.2. The summed E-state index contributed by atoms with van der Waals surface area (Å²) < 4.78 is 139. The number of piperazine rings is 1. The first kappa shape index (κ1) is 60.9. The molecule has 3 aliphatic rings.